The van der Waals surface area contributed by atoms with E-state index in [1.807, 2.05) is 12.1 Å². The van der Waals surface area contributed by atoms with E-state index >= 15 is 0 Å². The number of carbonyl (C=O) groups is 1. The van der Waals surface area contributed by atoms with Crippen LogP contribution in [0.15, 0.2) is 48.5 Å². The Kier molecular flexibility index (Phi) is 8.52. The summed E-state index contributed by atoms with van der Waals surface area (Å²) in [6.45, 7) is 3.20. The van der Waals surface area contributed by atoms with Crippen LogP contribution in [0.1, 0.15) is 42.7 Å². The van der Waals surface area contributed by atoms with Crippen molar-refractivity contribution in [3.05, 3.63) is 71.3 Å². The van der Waals surface area contributed by atoms with Gasteiger partial charge < -0.3 is 14.7 Å². The van der Waals surface area contributed by atoms with Crippen LogP contribution in [0.2, 0.25) is 0 Å². The van der Waals surface area contributed by atoms with Gasteiger partial charge in [-0.15, -0.1) is 0 Å². The zero-order chi connectivity index (χ0) is 24.8. The van der Waals surface area contributed by atoms with Crippen molar-refractivity contribution >= 4 is 12.0 Å². The maximum Gasteiger partial charge on any atom is 0.246 e. The van der Waals surface area contributed by atoms with Crippen molar-refractivity contribution in [2.45, 2.75) is 37.6 Å². The summed E-state index contributed by atoms with van der Waals surface area (Å²) in [6, 6.07) is 11.5. The van der Waals surface area contributed by atoms with Gasteiger partial charge in [-0.25, -0.2) is 8.78 Å². The Morgan fingerprint density at radius 1 is 1.06 bits per heavy atom. The summed E-state index contributed by atoms with van der Waals surface area (Å²) in [5.41, 5.74) is 1.58. The van der Waals surface area contributed by atoms with E-state index in [1.165, 1.54) is 29.8 Å². The third-order valence-electron chi connectivity index (χ3n) is 7.46. The molecule has 0 bridgehead atoms. The Hall–Kier alpha value is -2.77. The lowest BCUT2D eigenvalue weighted by atomic mass is 9.84. The lowest BCUT2D eigenvalue weighted by Gasteiger charge is -2.43. The van der Waals surface area contributed by atoms with Crippen LogP contribution in [0.25, 0.3) is 6.08 Å². The average molecular weight is 485 g/mol. The van der Waals surface area contributed by atoms with Gasteiger partial charge in [-0.1, -0.05) is 18.2 Å². The molecule has 0 spiro atoms. The molecule has 2 aliphatic heterocycles. The number of carbonyl (C=O) groups excluding carboxylic acids is 1. The first-order valence-corrected chi connectivity index (χ1v) is 12.4. The molecule has 2 saturated heterocycles. The molecule has 2 aliphatic rings. The van der Waals surface area contributed by atoms with E-state index in [-0.39, 0.29) is 18.6 Å². The van der Waals surface area contributed by atoms with E-state index in [0.717, 1.165) is 50.6 Å². The van der Waals surface area contributed by atoms with Crippen molar-refractivity contribution in [1.82, 2.24) is 9.80 Å². The highest BCUT2D eigenvalue weighted by Gasteiger charge is 2.33. The van der Waals surface area contributed by atoms with Crippen LogP contribution in [-0.2, 0) is 4.79 Å². The van der Waals surface area contributed by atoms with Crippen molar-refractivity contribution < 1.29 is 23.4 Å². The molecule has 0 aromatic heterocycles. The van der Waals surface area contributed by atoms with Gasteiger partial charge in [0.05, 0.1) is 13.7 Å². The minimum Gasteiger partial charge on any atom is -0.496 e. The van der Waals surface area contributed by atoms with Crippen LogP contribution in [0.5, 0.6) is 5.75 Å². The van der Waals surface area contributed by atoms with Crippen LogP contribution in [0, 0.1) is 17.6 Å². The number of hydrogen-bond acceptors (Lipinski definition) is 4. The van der Waals surface area contributed by atoms with Gasteiger partial charge in [0.25, 0.3) is 0 Å². The monoisotopic (exact) mass is 484 g/mol. The molecule has 1 atom stereocenters. The highest BCUT2D eigenvalue weighted by atomic mass is 19.1. The molecule has 4 rings (SSSR count). The molecular weight excluding hydrogens is 450 g/mol. The number of amides is 1. The van der Waals surface area contributed by atoms with Gasteiger partial charge in [0.2, 0.25) is 5.91 Å². The molecule has 5 nitrogen and oxygen atoms in total. The number of ether oxygens (including phenoxy) is 1. The third-order valence-corrected chi connectivity index (χ3v) is 7.46. The molecule has 7 heteroatoms. The zero-order valence-corrected chi connectivity index (χ0v) is 20.2. The summed E-state index contributed by atoms with van der Waals surface area (Å²) in [5, 5.41) is 10.2. The number of methoxy groups -OCH3 is 1. The Balaban J connectivity index is 1.29. The van der Waals surface area contributed by atoms with Crippen molar-refractivity contribution in [1.29, 1.82) is 0 Å². The molecule has 1 N–H and O–H groups in total. The van der Waals surface area contributed by atoms with E-state index in [1.54, 1.807) is 12.0 Å². The highest BCUT2D eigenvalue weighted by molar-refractivity contribution is 5.91. The maximum absolute atomic E-state index is 13.4. The minimum atomic E-state index is -0.667. The van der Waals surface area contributed by atoms with Crippen molar-refractivity contribution in [3.63, 3.8) is 0 Å². The zero-order valence-electron chi connectivity index (χ0n) is 20.2. The van der Waals surface area contributed by atoms with Crippen molar-refractivity contribution in [2.75, 3.05) is 39.9 Å². The van der Waals surface area contributed by atoms with Gasteiger partial charge in [-0.05, 0) is 86.0 Å². The van der Waals surface area contributed by atoms with Crippen molar-refractivity contribution in [3.8, 4) is 5.75 Å². The fourth-order valence-electron chi connectivity index (χ4n) is 5.56. The van der Waals surface area contributed by atoms with Crippen LogP contribution < -0.4 is 4.74 Å². The van der Waals surface area contributed by atoms with E-state index in [9.17, 15) is 18.7 Å². The predicted molar refractivity (Wildman–Crippen MR) is 132 cm³/mol. The van der Waals surface area contributed by atoms with Crippen LogP contribution in [0.4, 0.5) is 8.78 Å². The molecular formula is C28H34F2N2O3. The Bertz CT molecular complexity index is 1010. The molecule has 2 heterocycles. The van der Waals surface area contributed by atoms with Gasteiger partial charge in [0.1, 0.15) is 17.4 Å². The van der Waals surface area contributed by atoms with Gasteiger partial charge in [-0.2, -0.15) is 0 Å². The van der Waals surface area contributed by atoms with Crippen molar-refractivity contribution in [2.24, 2.45) is 5.92 Å². The summed E-state index contributed by atoms with van der Waals surface area (Å²) >= 11 is 0. The molecule has 0 saturated carbocycles. The number of benzene rings is 2. The van der Waals surface area contributed by atoms with Crippen LogP contribution in [-0.4, -0.2) is 66.8 Å². The average Bonchev–Trinajstić information content (AvgIpc) is 2.88. The Morgan fingerprint density at radius 2 is 1.71 bits per heavy atom. The smallest absolute Gasteiger partial charge is 0.246 e. The van der Waals surface area contributed by atoms with E-state index in [2.05, 4.69) is 17.0 Å². The lowest BCUT2D eigenvalue weighted by Crippen LogP contribution is -2.50. The number of piperidine rings is 2. The first kappa shape index (κ1) is 25.3. The summed E-state index contributed by atoms with van der Waals surface area (Å²) in [4.78, 5) is 16.8. The van der Waals surface area contributed by atoms with Crippen LogP contribution in [0.3, 0.4) is 0 Å². The number of rotatable bonds is 7. The summed E-state index contributed by atoms with van der Waals surface area (Å²) in [7, 11) is 1.71. The number of likely N-dealkylation sites (tertiary alicyclic amines) is 2. The molecule has 188 valence electrons. The fraction of sp³-hybridized carbons (Fsp3) is 0.464. The number of hydrogen-bond donors (Lipinski definition) is 1. The highest BCUT2D eigenvalue weighted by Crippen LogP contribution is 2.36. The Morgan fingerprint density at radius 3 is 2.34 bits per heavy atom. The standard InChI is InChI=1S/C28H34F2N2O3/c1-35-27-5-3-2-4-25(27)21-8-12-31(13-9-21)26(19-33)22-10-14-32(15-11-22)28(34)7-6-20-16-23(29)18-24(30)17-20/h2-7,16-18,21-22,26,33H,8-15,19H2,1H3. The van der Waals surface area contributed by atoms with Gasteiger partial charge in [0.15, 0.2) is 0 Å². The molecule has 35 heavy (non-hydrogen) atoms. The molecule has 0 aliphatic carbocycles. The summed E-state index contributed by atoms with van der Waals surface area (Å²) in [6.07, 6.45) is 6.53. The normalized spacial score (nSPS) is 19.3. The molecule has 2 aromatic carbocycles. The largest absolute Gasteiger partial charge is 0.496 e. The number of para-hydroxylation sites is 1. The second-order valence-electron chi connectivity index (χ2n) is 9.50. The molecule has 2 fully saturated rings. The quantitative estimate of drug-likeness (QED) is 0.590. The number of aliphatic hydroxyl groups is 1. The summed E-state index contributed by atoms with van der Waals surface area (Å²) in [5.74, 6) is 0.233. The molecule has 2 aromatic rings. The second kappa shape index (κ2) is 11.8. The van der Waals surface area contributed by atoms with Gasteiger partial charge >= 0.3 is 0 Å². The van der Waals surface area contributed by atoms with Gasteiger partial charge in [-0.3, -0.25) is 9.69 Å². The third kappa shape index (κ3) is 6.27. The predicted octanol–water partition coefficient (Wildman–Crippen LogP) is 4.47. The van der Waals surface area contributed by atoms with E-state index in [4.69, 9.17) is 4.74 Å². The second-order valence-corrected chi connectivity index (χ2v) is 9.50. The Labute approximate surface area is 206 Å². The first-order chi connectivity index (χ1) is 17.0. The van der Waals surface area contributed by atoms with Crippen LogP contribution >= 0.6 is 0 Å². The lowest BCUT2D eigenvalue weighted by molar-refractivity contribution is -0.127. The molecule has 0 radical (unpaired) electrons. The number of aliphatic hydroxyl groups excluding tert-OH is 1. The topological polar surface area (TPSA) is 53.0 Å². The molecule has 1 unspecified atom stereocenters. The molecule has 1 amide bonds. The first-order valence-electron chi connectivity index (χ1n) is 12.4. The number of nitrogens with zero attached hydrogens (tertiary/aromatic N) is 2. The van der Waals surface area contributed by atoms with E-state index < -0.39 is 11.6 Å². The summed E-state index contributed by atoms with van der Waals surface area (Å²) < 4.78 is 32.3. The SMILES string of the molecule is COc1ccccc1C1CCN(C(CO)C2CCN(C(=O)C=Cc3cc(F)cc(F)c3)CC2)CC1. The van der Waals surface area contributed by atoms with Gasteiger partial charge in [0, 0.05) is 31.3 Å². The number of halogens is 2. The fourth-order valence-corrected chi connectivity index (χ4v) is 5.56. The maximum atomic E-state index is 13.4. The van der Waals surface area contributed by atoms with E-state index in [0.29, 0.717) is 30.5 Å². The minimum absolute atomic E-state index is 0.0942.